The quantitative estimate of drug-likeness (QED) is 0.895. The van der Waals surface area contributed by atoms with Gasteiger partial charge in [-0.15, -0.1) is 0 Å². The van der Waals surface area contributed by atoms with Crippen molar-refractivity contribution in [2.24, 2.45) is 0 Å². The zero-order valence-electron chi connectivity index (χ0n) is 13.3. The predicted octanol–water partition coefficient (Wildman–Crippen LogP) is 2.67. The highest BCUT2D eigenvalue weighted by Crippen LogP contribution is 2.21. The molecular weight excluding hydrogens is 248 g/mol. The first-order chi connectivity index (χ1) is 9.63. The minimum Gasteiger partial charge on any atom is -0.376 e. The molecule has 0 bridgehead atoms. The molecule has 2 atom stereocenters. The molecule has 3 heteroatoms. The van der Waals surface area contributed by atoms with E-state index in [-0.39, 0.29) is 0 Å². The Hall–Kier alpha value is -0.900. The van der Waals surface area contributed by atoms with Gasteiger partial charge in [0.1, 0.15) is 0 Å². The molecule has 1 fully saturated rings. The van der Waals surface area contributed by atoms with Gasteiger partial charge in [0.25, 0.3) is 0 Å². The lowest BCUT2D eigenvalue weighted by atomic mass is 9.98. The molecule has 1 aliphatic rings. The summed E-state index contributed by atoms with van der Waals surface area (Å²) in [6.45, 7) is 10.6. The summed E-state index contributed by atoms with van der Waals surface area (Å²) >= 11 is 0. The van der Waals surface area contributed by atoms with Crippen molar-refractivity contribution < 1.29 is 4.74 Å². The van der Waals surface area contributed by atoms with Gasteiger partial charge in [0.15, 0.2) is 0 Å². The Morgan fingerprint density at radius 1 is 1.40 bits per heavy atom. The van der Waals surface area contributed by atoms with E-state index in [2.05, 4.69) is 56.2 Å². The summed E-state index contributed by atoms with van der Waals surface area (Å²) in [6, 6.07) is 7.14. The molecule has 1 heterocycles. The van der Waals surface area contributed by atoms with Crippen LogP contribution >= 0.6 is 0 Å². The Morgan fingerprint density at radius 2 is 2.20 bits per heavy atom. The van der Waals surface area contributed by atoms with Gasteiger partial charge < -0.3 is 10.1 Å². The molecule has 0 spiro atoms. The Labute approximate surface area is 123 Å². The van der Waals surface area contributed by atoms with Crippen LogP contribution < -0.4 is 5.32 Å². The normalized spacial score (nSPS) is 21.9. The molecule has 2 unspecified atom stereocenters. The van der Waals surface area contributed by atoms with Crippen LogP contribution in [0.15, 0.2) is 18.2 Å². The highest BCUT2D eigenvalue weighted by atomic mass is 16.5. The Bertz CT molecular complexity index is 433. The van der Waals surface area contributed by atoms with Crippen LogP contribution in [-0.4, -0.2) is 44.3 Å². The summed E-state index contributed by atoms with van der Waals surface area (Å²) in [4.78, 5) is 2.53. The molecule has 1 aromatic rings. The van der Waals surface area contributed by atoms with Crippen LogP contribution in [0.2, 0.25) is 0 Å². The zero-order chi connectivity index (χ0) is 14.5. The van der Waals surface area contributed by atoms with E-state index < -0.39 is 0 Å². The van der Waals surface area contributed by atoms with Gasteiger partial charge in [-0.3, -0.25) is 4.90 Å². The molecule has 0 amide bonds. The van der Waals surface area contributed by atoms with E-state index in [0.717, 1.165) is 32.7 Å². The molecule has 0 saturated carbocycles. The van der Waals surface area contributed by atoms with Gasteiger partial charge in [-0.05, 0) is 38.4 Å². The van der Waals surface area contributed by atoms with Crippen molar-refractivity contribution in [1.82, 2.24) is 10.2 Å². The average molecular weight is 276 g/mol. The number of nitrogens with one attached hydrogen (secondary N) is 1. The van der Waals surface area contributed by atoms with Gasteiger partial charge in [0, 0.05) is 25.7 Å². The third kappa shape index (κ3) is 3.81. The number of likely N-dealkylation sites (N-methyl/N-ethyl adjacent to an activating group) is 1. The van der Waals surface area contributed by atoms with Gasteiger partial charge in [-0.2, -0.15) is 0 Å². The fourth-order valence-electron chi connectivity index (χ4n) is 3.01. The second-order valence-electron chi connectivity index (χ2n) is 5.86. The fraction of sp³-hybridized carbons (Fsp3) is 0.647. The number of aryl methyl sites for hydroxylation is 2. The van der Waals surface area contributed by atoms with Gasteiger partial charge in [0.05, 0.1) is 12.7 Å². The molecule has 0 aliphatic carbocycles. The molecule has 0 radical (unpaired) electrons. The van der Waals surface area contributed by atoms with E-state index in [1.807, 2.05) is 0 Å². The molecule has 1 N–H and O–H groups in total. The van der Waals surface area contributed by atoms with E-state index in [1.165, 1.54) is 16.7 Å². The number of benzene rings is 1. The smallest absolute Gasteiger partial charge is 0.0700 e. The molecule has 1 aliphatic heterocycles. The minimum atomic E-state index is 0.395. The summed E-state index contributed by atoms with van der Waals surface area (Å²) in [6.07, 6.45) is 1.50. The number of morpholine rings is 1. The maximum Gasteiger partial charge on any atom is 0.0700 e. The standard InChI is InChI=1S/C17H28N2O/c1-5-15-11-19(8-9-20-15)12-17(18-4)16-7-6-13(2)10-14(16)3/h6-7,10,15,17-18H,5,8-9,11-12H2,1-4H3. The molecule has 0 aromatic heterocycles. The van der Waals surface area contributed by atoms with Crippen molar-refractivity contribution in [1.29, 1.82) is 0 Å². The molecule has 3 nitrogen and oxygen atoms in total. The molecule has 2 rings (SSSR count). The summed E-state index contributed by atoms with van der Waals surface area (Å²) in [5, 5.41) is 3.48. The van der Waals surface area contributed by atoms with Crippen LogP contribution in [0.1, 0.15) is 36.1 Å². The van der Waals surface area contributed by atoms with E-state index in [0.29, 0.717) is 12.1 Å². The van der Waals surface area contributed by atoms with Crippen molar-refractivity contribution in [3.05, 3.63) is 34.9 Å². The van der Waals surface area contributed by atoms with Crippen LogP contribution in [-0.2, 0) is 4.74 Å². The Morgan fingerprint density at radius 3 is 2.85 bits per heavy atom. The zero-order valence-corrected chi connectivity index (χ0v) is 13.3. The predicted molar refractivity (Wildman–Crippen MR) is 84.2 cm³/mol. The second-order valence-corrected chi connectivity index (χ2v) is 5.86. The second kappa shape index (κ2) is 7.21. The molecule has 20 heavy (non-hydrogen) atoms. The number of nitrogens with zero attached hydrogens (tertiary/aromatic N) is 1. The molecular formula is C17H28N2O. The fourth-order valence-corrected chi connectivity index (χ4v) is 3.01. The van der Waals surface area contributed by atoms with Crippen LogP contribution in [0.25, 0.3) is 0 Å². The lowest BCUT2D eigenvalue weighted by molar-refractivity contribution is -0.0320. The van der Waals surface area contributed by atoms with Crippen LogP contribution in [0, 0.1) is 13.8 Å². The first-order valence-electron chi connectivity index (χ1n) is 7.72. The molecule has 1 aromatic carbocycles. The van der Waals surface area contributed by atoms with E-state index in [4.69, 9.17) is 4.74 Å². The van der Waals surface area contributed by atoms with Crippen LogP contribution in [0.5, 0.6) is 0 Å². The third-order valence-corrected chi connectivity index (χ3v) is 4.27. The topological polar surface area (TPSA) is 24.5 Å². The van der Waals surface area contributed by atoms with E-state index in [1.54, 1.807) is 0 Å². The summed E-state index contributed by atoms with van der Waals surface area (Å²) < 4.78 is 5.76. The van der Waals surface area contributed by atoms with Gasteiger partial charge >= 0.3 is 0 Å². The summed E-state index contributed by atoms with van der Waals surface area (Å²) in [5.41, 5.74) is 4.13. The van der Waals surface area contributed by atoms with Crippen LogP contribution in [0.4, 0.5) is 0 Å². The van der Waals surface area contributed by atoms with Gasteiger partial charge in [-0.25, -0.2) is 0 Å². The minimum absolute atomic E-state index is 0.395. The van der Waals surface area contributed by atoms with E-state index >= 15 is 0 Å². The van der Waals surface area contributed by atoms with Crippen LogP contribution in [0.3, 0.4) is 0 Å². The van der Waals surface area contributed by atoms with Gasteiger partial charge in [-0.1, -0.05) is 30.7 Å². The maximum atomic E-state index is 5.76. The first-order valence-corrected chi connectivity index (χ1v) is 7.72. The van der Waals surface area contributed by atoms with E-state index in [9.17, 15) is 0 Å². The Kier molecular flexibility index (Phi) is 5.58. The number of ether oxygens (including phenoxy) is 1. The monoisotopic (exact) mass is 276 g/mol. The number of hydrogen-bond acceptors (Lipinski definition) is 3. The highest BCUT2D eigenvalue weighted by Gasteiger charge is 2.22. The average Bonchev–Trinajstić information content (AvgIpc) is 2.45. The summed E-state index contributed by atoms with van der Waals surface area (Å²) in [5.74, 6) is 0. The van der Waals surface area contributed by atoms with Gasteiger partial charge in [0.2, 0.25) is 0 Å². The Balaban J connectivity index is 2.04. The SMILES string of the molecule is CCC1CN(CC(NC)c2ccc(C)cc2C)CCO1. The van der Waals surface area contributed by atoms with Crippen molar-refractivity contribution in [2.45, 2.75) is 39.3 Å². The lowest BCUT2D eigenvalue weighted by Crippen LogP contribution is -2.45. The largest absolute Gasteiger partial charge is 0.376 e. The van der Waals surface area contributed by atoms with Crippen molar-refractivity contribution >= 4 is 0 Å². The lowest BCUT2D eigenvalue weighted by Gasteiger charge is -2.35. The third-order valence-electron chi connectivity index (χ3n) is 4.27. The van der Waals surface area contributed by atoms with Crippen molar-refractivity contribution in [2.75, 3.05) is 33.3 Å². The first kappa shape index (κ1) is 15.5. The summed E-state index contributed by atoms with van der Waals surface area (Å²) in [7, 11) is 2.06. The maximum absolute atomic E-state index is 5.76. The highest BCUT2D eigenvalue weighted by molar-refractivity contribution is 5.33. The van der Waals surface area contributed by atoms with Crippen molar-refractivity contribution in [3.63, 3.8) is 0 Å². The number of hydrogen-bond donors (Lipinski definition) is 1. The molecule has 112 valence electrons. The van der Waals surface area contributed by atoms with Crippen molar-refractivity contribution in [3.8, 4) is 0 Å². The molecule has 1 saturated heterocycles. The number of rotatable bonds is 5.